The molecule has 0 aliphatic carbocycles. The maximum Gasteiger partial charge on any atom is 0.243 e. The number of carbonyl (C=O) groups is 2. The van der Waals surface area contributed by atoms with Crippen LogP contribution in [0.25, 0.3) is 0 Å². The normalized spacial score (nSPS) is 8.50. The minimum absolute atomic E-state index is 0.398. The van der Waals surface area contributed by atoms with Crippen LogP contribution in [0.15, 0.2) is 12.2 Å². The van der Waals surface area contributed by atoms with Crippen molar-refractivity contribution in [2.24, 2.45) is 5.73 Å². The number of amides is 1. The molecular formula is C11H21NO2. The van der Waals surface area contributed by atoms with Gasteiger partial charge >= 0.3 is 0 Å². The van der Waals surface area contributed by atoms with Gasteiger partial charge in [-0.05, 0) is 19.8 Å². The number of primary amides is 1. The van der Waals surface area contributed by atoms with Gasteiger partial charge < -0.3 is 5.73 Å². The van der Waals surface area contributed by atoms with Crippen LogP contribution in [0.5, 0.6) is 0 Å². The Hall–Kier alpha value is -1.12. The highest BCUT2D eigenvalue weighted by atomic mass is 16.1. The molecule has 0 saturated heterocycles. The van der Waals surface area contributed by atoms with Crippen LogP contribution in [0.4, 0.5) is 0 Å². The topological polar surface area (TPSA) is 60.2 Å². The van der Waals surface area contributed by atoms with Gasteiger partial charge in [0.1, 0.15) is 5.78 Å². The molecule has 0 aliphatic rings. The van der Waals surface area contributed by atoms with Crippen molar-refractivity contribution < 1.29 is 9.59 Å². The molecule has 0 spiro atoms. The Morgan fingerprint density at radius 3 is 1.57 bits per heavy atom. The van der Waals surface area contributed by atoms with E-state index >= 15 is 0 Å². The zero-order valence-electron chi connectivity index (χ0n) is 9.43. The van der Waals surface area contributed by atoms with E-state index in [0.717, 1.165) is 25.7 Å². The summed E-state index contributed by atoms with van der Waals surface area (Å²) in [4.78, 5) is 20.5. The molecule has 0 fully saturated rings. The van der Waals surface area contributed by atoms with Crippen LogP contribution in [0, 0.1) is 0 Å². The standard InChI is InChI=1S/C7H14O.C4H7NO/c1-3-5-7(8)6-4-2;1-3(2)4(5)6/h3-6H2,1-2H3;1H2,2H3,(H2,5,6). The average molecular weight is 199 g/mol. The molecule has 0 heterocycles. The lowest BCUT2D eigenvalue weighted by atomic mass is 10.1. The Kier molecular flexibility index (Phi) is 10.9. The predicted octanol–water partition coefficient (Wildman–Crippen LogP) is 2.20. The molecule has 1 amide bonds. The average Bonchev–Trinajstić information content (AvgIpc) is 2.06. The highest BCUT2D eigenvalue weighted by Gasteiger charge is 1.94. The third-order valence-electron chi connectivity index (χ3n) is 1.48. The zero-order valence-corrected chi connectivity index (χ0v) is 9.43. The van der Waals surface area contributed by atoms with Crippen molar-refractivity contribution in [3.63, 3.8) is 0 Å². The molecule has 0 unspecified atom stereocenters. The lowest BCUT2D eigenvalue weighted by Crippen LogP contribution is -2.10. The summed E-state index contributed by atoms with van der Waals surface area (Å²) >= 11 is 0. The van der Waals surface area contributed by atoms with E-state index in [-0.39, 0.29) is 0 Å². The highest BCUT2D eigenvalue weighted by molar-refractivity contribution is 5.90. The van der Waals surface area contributed by atoms with Crippen LogP contribution in [0.3, 0.4) is 0 Å². The first-order valence-corrected chi connectivity index (χ1v) is 4.92. The Bertz CT molecular complexity index is 177. The van der Waals surface area contributed by atoms with Gasteiger partial charge in [-0.1, -0.05) is 20.4 Å². The van der Waals surface area contributed by atoms with Gasteiger partial charge in [-0.25, -0.2) is 0 Å². The van der Waals surface area contributed by atoms with Crippen LogP contribution < -0.4 is 5.73 Å². The lowest BCUT2D eigenvalue weighted by molar-refractivity contribution is -0.119. The fourth-order valence-corrected chi connectivity index (χ4v) is 0.683. The van der Waals surface area contributed by atoms with E-state index in [1.807, 2.05) is 13.8 Å². The second-order valence-electron chi connectivity index (χ2n) is 3.18. The van der Waals surface area contributed by atoms with Gasteiger partial charge in [-0.15, -0.1) is 0 Å². The first-order chi connectivity index (χ1) is 6.45. The van der Waals surface area contributed by atoms with E-state index in [1.165, 1.54) is 0 Å². The molecule has 0 aliphatic heterocycles. The van der Waals surface area contributed by atoms with Crippen LogP contribution in [0.2, 0.25) is 0 Å². The predicted molar refractivity (Wildman–Crippen MR) is 58.8 cm³/mol. The third-order valence-corrected chi connectivity index (χ3v) is 1.48. The van der Waals surface area contributed by atoms with Crippen LogP contribution in [-0.4, -0.2) is 11.7 Å². The van der Waals surface area contributed by atoms with E-state index < -0.39 is 5.91 Å². The Morgan fingerprint density at radius 1 is 1.14 bits per heavy atom. The summed E-state index contributed by atoms with van der Waals surface area (Å²) < 4.78 is 0. The zero-order chi connectivity index (χ0) is 11.6. The largest absolute Gasteiger partial charge is 0.366 e. The van der Waals surface area contributed by atoms with Crippen LogP contribution in [-0.2, 0) is 9.59 Å². The molecule has 0 rings (SSSR count). The molecule has 0 aromatic carbocycles. The minimum Gasteiger partial charge on any atom is -0.366 e. The maximum atomic E-state index is 10.6. The molecule has 0 aromatic heterocycles. The third kappa shape index (κ3) is 13.5. The number of Topliss-reactive ketones (excluding diaryl/α,β-unsaturated/α-hetero) is 1. The smallest absolute Gasteiger partial charge is 0.243 e. The summed E-state index contributed by atoms with van der Waals surface area (Å²) in [6, 6.07) is 0. The van der Waals surface area contributed by atoms with Crippen molar-refractivity contribution in [2.45, 2.75) is 46.5 Å². The Morgan fingerprint density at radius 2 is 1.43 bits per heavy atom. The van der Waals surface area contributed by atoms with Gasteiger partial charge in [-0.3, -0.25) is 9.59 Å². The summed E-state index contributed by atoms with van der Waals surface area (Å²) in [6.45, 7) is 8.92. The van der Waals surface area contributed by atoms with Crippen molar-refractivity contribution >= 4 is 11.7 Å². The SMILES string of the molecule is C=C(C)C(N)=O.CCCC(=O)CCC. The molecule has 0 saturated carbocycles. The second-order valence-corrected chi connectivity index (χ2v) is 3.18. The molecule has 0 radical (unpaired) electrons. The van der Waals surface area contributed by atoms with Gasteiger partial charge in [0.2, 0.25) is 5.91 Å². The van der Waals surface area contributed by atoms with Crippen LogP contribution >= 0.6 is 0 Å². The molecule has 14 heavy (non-hydrogen) atoms. The number of nitrogens with two attached hydrogens (primary N) is 1. The first-order valence-electron chi connectivity index (χ1n) is 4.92. The van der Waals surface area contributed by atoms with Crippen LogP contribution in [0.1, 0.15) is 46.5 Å². The van der Waals surface area contributed by atoms with E-state index in [9.17, 15) is 9.59 Å². The molecule has 0 atom stereocenters. The van der Waals surface area contributed by atoms with Gasteiger partial charge in [0.05, 0.1) is 0 Å². The van der Waals surface area contributed by atoms with E-state index in [1.54, 1.807) is 6.92 Å². The molecule has 2 N–H and O–H groups in total. The maximum absolute atomic E-state index is 10.6. The van der Waals surface area contributed by atoms with Gasteiger partial charge in [0.25, 0.3) is 0 Å². The quantitative estimate of drug-likeness (QED) is 0.690. The summed E-state index contributed by atoms with van der Waals surface area (Å²) in [5.41, 5.74) is 5.09. The fourth-order valence-electron chi connectivity index (χ4n) is 0.683. The Labute approximate surface area is 86.4 Å². The van der Waals surface area contributed by atoms with Crippen molar-refractivity contribution in [3.8, 4) is 0 Å². The number of rotatable bonds is 5. The van der Waals surface area contributed by atoms with E-state index in [2.05, 4.69) is 6.58 Å². The first kappa shape index (κ1) is 15.4. The summed E-state index contributed by atoms with van der Waals surface area (Å²) in [6.07, 6.45) is 3.54. The summed E-state index contributed by atoms with van der Waals surface area (Å²) in [5.74, 6) is -0.0231. The molecule has 3 heteroatoms. The number of ketones is 1. The monoisotopic (exact) mass is 199 g/mol. The molecule has 82 valence electrons. The number of carbonyl (C=O) groups excluding carboxylic acids is 2. The summed E-state index contributed by atoms with van der Waals surface area (Å²) in [7, 11) is 0. The van der Waals surface area contributed by atoms with E-state index in [4.69, 9.17) is 5.73 Å². The Balaban J connectivity index is 0. The highest BCUT2D eigenvalue weighted by Crippen LogP contribution is 1.95. The van der Waals surface area contributed by atoms with Gasteiger partial charge in [0.15, 0.2) is 0 Å². The molecule has 0 aromatic rings. The van der Waals surface area contributed by atoms with Crippen molar-refractivity contribution in [1.82, 2.24) is 0 Å². The second kappa shape index (κ2) is 9.96. The number of hydrogen-bond donors (Lipinski definition) is 1. The fraction of sp³-hybridized carbons (Fsp3) is 0.636. The molecule has 3 nitrogen and oxygen atoms in total. The van der Waals surface area contributed by atoms with Crippen molar-refractivity contribution in [3.05, 3.63) is 12.2 Å². The van der Waals surface area contributed by atoms with Crippen molar-refractivity contribution in [1.29, 1.82) is 0 Å². The van der Waals surface area contributed by atoms with Gasteiger partial charge in [0, 0.05) is 18.4 Å². The molecule has 0 bridgehead atoms. The minimum atomic E-state index is -0.435. The molecular weight excluding hydrogens is 178 g/mol. The van der Waals surface area contributed by atoms with Gasteiger partial charge in [-0.2, -0.15) is 0 Å². The van der Waals surface area contributed by atoms with E-state index in [0.29, 0.717) is 11.4 Å². The summed E-state index contributed by atoms with van der Waals surface area (Å²) in [5, 5.41) is 0. The number of hydrogen-bond acceptors (Lipinski definition) is 2. The lowest BCUT2D eigenvalue weighted by Gasteiger charge is -1.91. The van der Waals surface area contributed by atoms with Crippen molar-refractivity contribution in [2.75, 3.05) is 0 Å².